The molecule has 0 spiro atoms. The smallest absolute Gasteiger partial charge is 0.290 e. The number of imidazole rings is 1. The van der Waals surface area contributed by atoms with Crippen LogP contribution in [0.3, 0.4) is 0 Å². The fourth-order valence-corrected chi connectivity index (χ4v) is 3.50. The van der Waals surface area contributed by atoms with Crippen molar-refractivity contribution in [2.24, 2.45) is 16.4 Å². The van der Waals surface area contributed by atoms with Crippen molar-refractivity contribution < 1.29 is 4.79 Å². The molecule has 1 saturated carbocycles. The number of aromatic nitrogens is 2. The molecule has 1 N–H and O–H groups in total. The van der Waals surface area contributed by atoms with E-state index in [1.807, 2.05) is 31.3 Å². The molecule has 5 nitrogen and oxygen atoms in total. The number of hydrogen-bond donors (Lipinski definition) is 1. The number of rotatable bonds is 2. The lowest BCUT2D eigenvalue weighted by atomic mass is 9.72. The summed E-state index contributed by atoms with van der Waals surface area (Å²) in [5, 5.41) is 4.38. The average Bonchev–Trinajstić information content (AvgIpc) is 2.88. The fourth-order valence-electron chi connectivity index (χ4n) is 3.50. The van der Waals surface area contributed by atoms with Gasteiger partial charge in [-0.1, -0.05) is 26.8 Å². The van der Waals surface area contributed by atoms with Crippen molar-refractivity contribution in [1.82, 2.24) is 14.8 Å². The van der Waals surface area contributed by atoms with Gasteiger partial charge in [0.2, 0.25) is 0 Å². The van der Waals surface area contributed by atoms with E-state index in [-0.39, 0.29) is 5.91 Å². The molecule has 128 valence electrons. The van der Waals surface area contributed by atoms with Gasteiger partial charge < -0.3 is 0 Å². The largest absolute Gasteiger partial charge is 0.295 e. The van der Waals surface area contributed by atoms with Gasteiger partial charge in [0.25, 0.3) is 5.91 Å². The number of aryl methyl sites for hydroxylation is 1. The molecule has 0 saturated heterocycles. The van der Waals surface area contributed by atoms with Gasteiger partial charge in [0, 0.05) is 11.9 Å². The predicted molar refractivity (Wildman–Crippen MR) is 96.2 cm³/mol. The second-order valence-corrected chi connectivity index (χ2v) is 7.73. The molecule has 2 aromatic rings. The van der Waals surface area contributed by atoms with Crippen LogP contribution in [0.5, 0.6) is 0 Å². The van der Waals surface area contributed by atoms with Crippen LogP contribution in [0, 0.1) is 18.3 Å². The molecule has 1 aliphatic rings. The number of nitrogens with one attached hydrogen (secondary N) is 1. The first-order chi connectivity index (χ1) is 11.4. The van der Waals surface area contributed by atoms with Gasteiger partial charge in [-0.15, -0.1) is 0 Å². The van der Waals surface area contributed by atoms with Crippen molar-refractivity contribution in [2.45, 2.75) is 53.4 Å². The van der Waals surface area contributed by atoms with E-state index in [0.717, 1.165) is 48.7 Å². The Morgan fingerprint density at radius 1 is 1.29 bits per heavy atom. The Balaban J connectivity index is 1.69. The summed E-state index contributed by atoms with van der Waals surface area (Å²) >= 11 is 0. The number of hydrazone groups is 1. The van der Waals surface area contributed by atoms with Gasteiger partial charge in [-0.25, -0.2) is 10.4 Å². The maximum absolute atomic E-state index is 12.5. The van der Waals surface area contributed by atoms with E-state index < -0.39 is 0 Å². The highest BCUT2D eigenvalue weighted by molar-refractivity contribution is 5.96. The predicted octanol–water partition coefficient (Wildman–Crippen LogP) is 3.96. The third-order valence-corrected chi connectivity index (χ3v) is 5.02. The van der Waals surface area contributed by atoms with Gasteiger partial charge in [0.15, 0.2) is 0 Å². The zero-order valence-electron chi connectivity index (χ0n) is 15.0. The van der Waals surface area contributed by atoms with Crippen molar-refractivity contribution in [3.63, 3.8) is 0 Å². The second-order valence-electron chi connectivity index (χ2n) is 7.73. The molecule has 1 aliphatic carbocycles. The van der Waals surface area contributed by atoms with Crippen LogP contribution in [0.4, 0.5) is 0 Å². The van der Waals surface area contributed by atoms with Crippen LogP contribution in [0.2, 0.25) is 0 Å². The molecule has 0 unspecified atom stereocenters. The summed E-state index contributed by atoms with van der Waals surface area (Å²) in [6, 6.07) is 5.70. The van der Waals surface area contributed by atoms with E-state index in [4.69, 9.17) is 0 Å². The highest BCUT2D eigenvalue weighted by Gasteiger charge is 2.28. The molecule has 1 fully saturated rings. The molecule has 3 rings (SSSR count). The molecule has 0 radical (unpaired) electrons. The fraction of sp³-hybridized carbons (Fsp3) is 0.526. The maximum Gasteiger partial charge on any atom is 0.290 e. The zero-order valence-corrected chi connectivity index (χ0v) is 15.0. The normalized spacial score (nSPS) is 18.7. The third kappa shape index (κ3) is 3.35. The minimum absolute atomic E-state index is 0.198. The van der Waals surface area contributed by atoms with E-state index in [9.17, 15) is 4.79 Å². The van der Waals surface area contributed by atoms with Crippen molar-refractivity contribution >= 4 is 17.3 Å². The van der Waals surface area contributed by atoms with Gasteiger partial charge in [-0.3, -0.25) is 9.20 Å². The first kappa shape index (κ1) is 16.7. The van der Waals surface area contributed by atoms with E-state index in [1.165, 1.54) is 0 Å². The summed E-state index contributed by atoms with van der Waals surface area (Å²) in [4.78, 5) is 16.9. The molecule has 0 atom stereocenters. The molecule has 5 heteroatoms. The summed E-state index contributed by atoms with van der Waals surface area (Å²) < 4.78 is 1.81. The van der Waals surface area contributed by atoms with Crippen LogP contribution in [0.1, 0.15) is 62.6 Å². The molecular weight excluding hydrogens is 300 g/mol. The maximum atomic E-state index is 12.5. The minimum atomic E-state index is -0.198. The lowest BCUT2D eigenvalue weighted by molar-refractivity contribution is 0.0947. The van der Waals surface area contributed by atoms with E-state index in [0.29, 0.717) is 11.1 Å². The lowest BCUT2D eigenvalue weighted by Gasteiger charge is -2.34. The van der Waals surface area contributed by atoms with E-state index in [1.54, 1.807) is 4.40 Å². The quantitative estimate of drug-likeness (QED) is 0.849. The first-order valence-electron chi connectivity index (χ1n) is 8.65. The Morgan fingerprint density at radius 3 is 2.67 bits per heavy atom. The summed E-state index contributed by atoms with van der Waals surface area (Å²) in [5.41, 5.74) is 6.22. The Bertz CT molecular complexity index is 772. The second kappa shape index (κ2) is 6.38. The monoisotopic (exact) mass is 326 g/mol. The average molecular weight is 326 g/mol. The van der Waals surface area contributed by atoms with Crippen LogP contribution in [-0.2, 0) is 0 Å². The number of nitrogens with zero attached hydrogens (tertiary/aromatic N) is 3. The SMILES string of the molecule is Cc1nc2ccccn2c1C(=O)NN=C1CCC(C(C)(C)C)CC1. The van der Waals surface area contributed by atoms with Crippen LogP contribution < -0.4 is 5.43 Å². The highest BCUT2D eigenvalue weighted by Crippen LogP contribution is 2.36. The number of carbonyl (C=O) groups excluding carboxylic acids is 1. The van der Waals surface area contributed by atoms with Gasteiger partial charge in [0.1, 0.15) is 11.3 Å². The van der Waals surface area contributed by atoms with Crippen molar-refractivity contribution in [3.8, 4) is 0 Å². The Morgan fingerprint density at radius 2 is 2.00 bits per heavy atom. The first-order valence-corrected chi connectivity index (χ1v) is 8.65. The summed E-state index contributed by atoms with van der Waals surface area (Å²) in [7, 11) is 0. The van der Waals surface area contributed by atoms with Gasteiger partial charge in [-0.05, 0) is 56.1 Å². The van der Waals surface area contributed by atoms with Crippen molar-refractivity contribution in [1.29, 1.82) is 0 Å². The summed E-state index contributed by atoms with van der Waals surface area (Å²) in [5.74, 6) is 0.532. The highest BCUT2D eigenvalue weighted by atomic mass is 16.2. The third-order valence-electron chi connectivity index (χ3n) is 5.02. The molecular formula is C19H26N4O. The standard InChI is InChI=1S/C19H26N4O/c1-13-17(23-12-6-5-7-16(23)20-13)18(24)22-21-15-10-8-14(9-11-15)19(2,3)4/h5-7,12,14H,8-11H2,1-4H3,(H,22,24). The Kier molecular flexibility index (Phi) is 4.43. The number of pyridine rings is 1. The summed E-state index contributed by atoms with van der Waals surface area (Å²) in [6.07, 6.45) is 6.08. The van der Waals surface area contributed by atoms with E-state index in [2.05, 4.69) is 36.3 Å². The number of amides is 1. The minimum Gasteiger partial charge on any atom is -0.295 e. The number of hydrogen-bond acceptors (Lipinski definition) is 3. The van der Waals surface area contributed by atoms with Crippen LogP contribution >= 0.6 is 0 Å². The molecule has 1 amide bonds. The molecule has 24 heavy (non-hydrogen) atoms. The Hall–Kier alpha value is -2.17. The van der Waals surface area contributed by atoms with Gasteiger partial charge in [-0.2, -0.15) is 5.10 Å². The molecule has 2 aromatic heterocycles. The molecule has 2 heterocycles. The lowest BCUT2D eigenvalue weighted by Crippen LogP contribution is -2.28. The van der Waals surface area contributed by atoms with Gasteiger partial charge >= 0.3 is 0 Å². The van der Waals surface area contributed by atoms with E-state index >= 15 is 0 Å². The topological polar surface area (TPSA) is 58.8 Å². The van der Waals surface area contributed by atoms with Crippen molar-refractivity contribution in [3.05, 3.63) is 35.8 Å². The zero-order chi connectivity index (χ0) is 17.3. The Labute approximate surface area is 143 Å². The molecule has 0 bridgehead atoms. The van der Waals surface area contributed by atoms with Crippen LogP contribution in [0.15, 0.2) is 29.5 Å². The molecule has 0 aliphatic heterocycles. The number of carbonyl (C=O) groups is 1. The number of fused-ring (bicyclic) bond motifs is 1. The summed E-state index contributed by atoms with van der Waals surface area (Å²) in [6.45, 7) is 8.75. The van der Waals surface area contributed by atoms with Crippen LogP contribution in [0.25, 0.3) is 5.65 Å². The van der Waals surface area contributed by atoms with Crippen LogP contribution in [-0.4, -0.2) is 21.0 Å². The molecule has 0 aromatic carbocycles. The van der Waals surface area contributed by atoms with Crippen molar-refractivity contribution in [2.75, 3.05) is 0 Å². The van der Waals surface area contributed by atoms with Gasteiger partial charge in [0.05, 0.1) is 5.69 Å².